The molecule has 0 aromatic carbocycles. The molecule has 2 amide bonds. The molecule has 12 heteroatoms. The van der Waals surface area contributed by atoms with Crippen LogP contribution in [0.15, 0.2) is 0 Å². The molecule has 0 spiro atoms. The second-order valence-corrected chi connectivity index (χ2v) is 6.15. The van der Waals surface area contributed by atoms with Gasteiger partial charge in [0, 0.05) is 27.7 Å². The van der Waals surface area contributed by atoms with E-state index in [0.29, 0.717) is 0 Å². The fourth-order valence-corrected chi connectivity index (χ4v) is 2.66. The van der Waals surface area contributed by atoms with Gasteiger partial charge >= 0.3 is 29.9 Å². The van der Waals surface area contributed by atoms with Crippen LogP contribution >= 0.6 is 0 Å². The minimum absolute atomic E-state index is 0.100. The molecule has 0 saturated carbocycles. The SMILES string of the molecule is C#CCNC(=O)N[C@H]1OC(COC(C)=O)[C@@H](OC(C)=O)C(OC(C)=O)C1OC(C)=O. The summed E-state index contributed by atoms with van der Waals surface area (Å²) in [6, 6.07) is -0.770. The predicted octanol–water partition coefficient (Wildman–Crippen LogP) is -0.998. The number of esters is 4. The lowest BCUT2D eigenvalue weighted by atomic mass is 9.97. The van der Waals surface area contributed by atoms with E-state index in [1.165, 1.54) is 0 Å². The number of nitrogens with one attached hydrogen (secondary N) is 2. The summed E-state index contributed by atoms with van der Waals surface area (Å²) in [5.74, 6) is -0.765. The summed E-state index contributed by atoms with van der Waals surface area (Å²) in [6.45, 7) is 3.93. The Kier molecular flexibility index (Phi) is 9.57. The summed E-state index contributed by atoms with van der Waals surface area (Å²) in [5, 5.41) is 4.72. The maximum atomic E-state index is 12.0. The Morgan fingerprint density at radius 1 is 0.867 bits per heavy atom. The molecule has 0 aliphatic carbocycles. The van der Waals surface area contributed by atoms with Gasteiger partial charge in [0.05, 0.1) is 6.54 Å². The van der Waals surface area contributed by atoms with Crippen LogP contribution in [0, 0.1) is 12.3 Å². The van der Waals surface area contributed by atoms with Gasteiger partial charge in [-0.3, -0.25) is 19.2 Å². The van der Waals surface area contributed by atoms with Crippen molar-refractivity contribution in [2.45, 2.75) is 58.3 Å². The fourth-order valence-electron chi connectivity index (χ4n) is 2.66. The molecule has 30 heavy (non-hydrogen) atoms. The summed E-state index contributed by atoms with van der Waals surface area (Å²) < 4.78 is 26.2. The van der Waals surface area contributed by atoms with Crippen molar-refractivity contribution >= 4 is 29.9 Å². The first-order valence-corrected chi connectivity index (χ1v) is 8.83. The van der Waals surface area contributed by atoms with Gasteiger partial charge in [-0.1, -0.05) is 5.92 Å². The van der Waals surface area contributed by atoms with Crippen molar-refractivity contribution in [1.29, 1.82) is 0 Å². The quantitative estimate of drug-likeness (QED) is 0.293. The number of hydrogen-bond acceptors (Lipinski definition) is 10. The Hall–Kier alpha value is -3.33. The standard InChI is InChI=1S/C18H24N2O10/c1-6-7-19-18(25)20-17-16(29-12(5)24)15(28-11(4)23)14(27-10(3)22)13(30-17)8-26-9(2)21/h1,13-17H,7-8H2,2-5H3,(H2,19,20,25)/t13?,14-,15?,16?,17+/m1/s1. The highest BCUT2D eigenvalue weighted by Crippen LogP contribution is 2.28. The Labute approximate surface area is 172 Å². The van der Waals surface area contributed by atoms with Crippen molar-refractivity contribution in [3.05, 3.63) is 0 Å². The summed E-state index contributed by atoms with van der Waals surface area (Å²) in [6.07, 6.45) is -1.50. The third kappa shape index (κ3) is 7.96. The maximum absolute atomic E-state index is 12.0. The van der Waals surface area contributed by atoms with Gasteiger partial charge in [0.2, 0.25) is 0 Å². The zero-order chi connectivity index (χ0) is 22.8. The fraction of sp³-hybridized carbons (Fsp3) is 0.611. The number of carbonyl (C=O) groups is 5. The molecule has 3 unspecified atom stereocenters. The van der Waals surface area contributed by atoms with E-state index in [1.807, 2.05) is 0 Å². The number of hydrogen-bond donors (Lipinski definition) is 2. The predicted molar refractivity (Wildman–Crippen MR) is 97.3 cm³/mol. The van der Waals surface area contributed by atoms with Crippen LogP contribution < -0.4 is 10.6 Å². The van der Waals surface area contributed by atoms with E-state index in [1.54, 1.807) is 0 Å². The highest BCUT2D eigenvalue weighted by atomic mass is 16.7. The third-order valence-electron chi connectivity index (χ3n) is 3.62. The van der Waals surface area contributed by atoms with Crippen LogP contribution in [-0.4, -0.2) is 73.7 Å². The van der Waals surface area contributed by atoms with E-state index in [2.05, 4.69) is 16.6 Å². The molecular formula is C18H24N2O10. The van der Waals surface area contributed by atoms with Crippen molar-refractivity contribution in [3.63, 3.8) is 0 Å². The molecule has 1 heterocycles. The van der Waals surface area contributed by atoms with Crippen molar-refractivity contribution in [1.82, 2.24) is 10.6 Å². The van der Waals surface area contributed by atoms with E-state index in [4.69, 9.17) is 30.1 Å². The molecule has 1 aliphatic heterocycles. The van der Waals surface area contributed by atoms with Gasteiger partial charge in [-0.15, -0.1) is 6.42 Å². The number of ether oxygens (including phenoxy) is 5. The average molecular weight is 428 g/mol. The highest BCUT2D eigenvalue weighted by molar-refractivity contribution is 5.74. The smallest absolute Gasteiger partial charge is 0.317 e. The molecule has 0 aromatic rings. The van der Waals surface area contributed by atoms with Gasteiger partial charge in [-0.05, 0) is 0 Å². The Morgan fingerprint density at radius 2 is 1.40 bits per heavy atom. The van der Waals surface area contributed by atoms with E-state index in [0.717, 1.165) is 27.7 Å². The van der Waals surface area contributed by atoms with Gasteiger partial charge in [0.25, 0.3) is 0 Å². The maximum Gasteiger partial charge on any atom is 0.317 e. The first-order chi connectivity index (χ1) is 14.0. The van der Waals surface area contributed by atoms with Gasteiger partial charge < -0.3 is 34.3 Å². The molecule has 0 aromatic heterocycles. The molecular weight excluding hydrogens is 404 g/mol. The van der Waals surface area contributed by atoms with Crippen LogP contribution in [0.25, 0.3) is 0 Å². The Balaban J connectivity index is 3.29. The summed E-state index contributed by atoms with van der Waals surface area (Å²) >= 11 is 0. The Bertz CT molecular complexity index is 716. The largest absolute Gasteiger partial charge is 0.463 e. The zero-order valence-electron chi connectivity index (χ0n) is 17.0. The molecule has 0 radical (unpaired) electrons. The molecule has 1 rings (SSSR count). The minimum Gasteiger partial charge on any atom is -0.463 e. The number of urea groups is 1. The highest BCUT2D eigenvalue weighted by Gasteiger charge is 2.52. The van der Waals surface area contributed by atoms with Gasteiger partial charge in [0.1, 0.15) is 12.7 Å². The normalized spacial score (nSPS) is 25.1. The van der Waals surface area contributed by atoms with Crippen LogP contribution in [0.3, 0.4) is 0 Å². The third-order valence-corrected chi connectivity index (χ3v) is 3.62. The lowest BCUT2D eigenvalue weighted by molar-refractivity contribution is -0.255. The van der Waals surface area contributed by atoms with Crippen LogP contribution in [0.1, 0.15) is 27.7 Å². The van der Waals surface area contributed by atoms with Crippen molar-refractivity contribution in [3.8, 4) is 12.3 Å². The van der Waals surface area contributed by atoms with Gasteiger partial charge in [0.15, 0.2) is 24.5 Å². The van der Waals surface area contributed by atoms with Crippen LogP contribution in [0.2, 0.25) is 0 Å². The molecule has 1 aliphatic rings. The monoisotopic (exact) mass is 428 g/mol. The first-order valence-electron chi connectivity index (χ1n) is 8.83. The molecule has 1 fully saturated rings. The van der Waals surface area contributed by atoms with E-state index >= 15 is 0 Å². The molecule has 5 atom stereocenters. The molecule has 1 saturated heterocycles. The number of amides is 2. The summed E-state index contributed by atoms with van der Waals surface area (Å²) in [5.41, 5.74) is 0. The second-order valence-electron chi connectivity index (χ2n) is 6.15. The van der Waals surface area contributed by atoms with E-state index in [-0.39, 0.29) is 6.54 Å². The zero-order valence-corrected chi connectivity index (χ0v) is 17.0. The summed E-state index contributed by atoms with van der Waals surface area (Å²) in [4.78, 5) is 58.2. The topological polar surface area (TPSA) is 156 Å². The average Bonchev–Trinajstić information content (AvgIpc) is 2.62. The van der Waals surface area contributed by atoms with Gasteiger partial charge in [-0.2, -0.15) is 0 Å². The lowest BCUT2D eigenvalue weighted by Crippen LogP contribution is -2.66. The number of rotatable bonds is 7. The van der Waals surface area contributed by atoms with Crippen LogP contribution in [-0.2, 0) is 42.9 Å². The second kappa shape index (κ2) is 11.6. The van der Waals surface area contributed by atoms with Crippen LogP contribution in [0.5, 0.6) is 0 Å². The number of terminal acetylenes is 1. The molecule has 0 bridgehead atoms. The molecule has 12 nitrogen and oxygen atoms in total. The Morgan fingerprint density at radius 3 is 1.90 bits per heavy atom. The lowest BCUT2D eigenvalue weighted by Gasteiger charge is -2.44. The van der Waals surface area contributed by atoms with E-state index < -0.39 is 67.2 Å². The number of carbonyl (C=O) groups excluding carboxylic acids is 5. The minimum atomic E-state index is -1.39. The van der Waals surface area contributed by atoms with Crippen molar-refractivity contribution in [2.24, 2.45) is 0 Å². The van der Waals surface area contributed by atoms with Crippen molar-refractivity contribution < 1.29 is 47.7 Å². The van der Waals surface area contributed by atoms with Crippen LogP contribution in [0.4, 0.5) is 4.79 Å². The molecule has 166 valence electrons. The first kappa shape index (κ1) is 24.7. The molecule has 2 N–H and O–H groups in total. The summed E-state index contributed by atoms with van der Waals surface area (Å²) in [7, 11) is 0. The van der Waals surface area contributed by atoms with E-state index in [9.17, 15) is 24.0 Å². The van der Waals surface area contributed by atoms with Crippen molar-refractivity contribution in [2.75, 3.05) is 13.2 Å². The van der Waals surface area contributed by atoms with Gasteiger partial charge in [-0.25, -0.2) is 4.79 Å².